The van der Waals surface area contributed by atoms with Crippen LogP contribution in [0.25, 0.3) is 0 Å². The van der Waals surface area contributed by atoms with Crippen LogP contribution in [0.3, 0.4) is 0 Å². The van der Waals surface area contributed by atoms with Gasteiger partial charge in [-0.25, -0.2) is 10.8 Å². The van der Waals surface area contributed by atoms with E-state index in [1.165, 1.54) is 0 Å². The number of H-pyrrole nitrogens is 1. The summed E-state index contributed by atoms with van der Waals surface area (Å²) < 4.78 is 0. The van der Waals surface area contributed by atoms with Gasteiger partial charge in [0, 0.05) is 5.75 Å². The number of thioether (sulfide) groups is 1. The monoisotopic (exact) mass is 291 g/mol. The highest BCUT2D eigenvalue weighted by Crippen LogP contribution is 2.21. The molecule has 1 amide bonds. The van der Waals surface area contributed by atoms with E-state index < -0.39 is 0 Å². The lowest BCUT2D eigenvalue weighted by molar-refractivity contribution is -0.122. The highest BCUT2D eigenvalue weighted by Gasteiger charge is 2.13. The minimum atomic E-state index is -0.252. The number of hydrazine groups is 1. The number of aryl methyl sites for hydroxylation is 1. The van der Waals surface area contributed by atoms with Gasteiger partial charge < -0.3 is 0 Å². The predicted octanol–water partition coefficient (Wildman–Crippen LogP) is 1.50. The first-order valence-corrected chi connectivity index (χ1v) is 7.20. The molecule has 1 unspecified atom stereocenters. The maximum Gasteiger partial charge on any atom is 0.241 e. The molecule has 0 saturated heterocycles. The molecule has 1 aromatic heterocycles. The van der Waals surface area contributed by atoms with Crippen molar-refractivity contribution in [1.29, 1.82) is 0 Å². The molecule has 0 aliphatic rings. The highest BCUT2D eigenvalue weighted by atomic mass is 32.2. The molecule has 1 heterocycles. The number of hydrogen-bond donors (Lipinski definition) is 3. The molecule has 0 saturated carbocycles. The number of nitrogens with two attached hydrogens (primary N) is 1. The lowest BCUT2D eigenvalue weighted by Crippen LogP contribution is -2.33. The van der Waals surface area contributed by atoms with Crippen LogP contribution < -0.4 is 11.3 Å². The van der Waals surface area contributed by atoms with Gasteiger partial charge in [-0.3, -0.25) is 15.3 Å². The van der Waals surface area contributed by atoms with Crippen molar-refractivity contribution in [3.63, 3.8) is 0 Å². The van der Waals surface area contributed by atoms with E-state index in [0.717, 1.165) is 27.9 Å². The van der Waals surface area contributed by atoms with Crippen molar-refractivity contribution in [2.45, 2.75) is 30.7 Å². The van der Waals surface area contributed by atoms with Crippen molar-refractivity contribution in [2.24, 2.45) is 5.84 Å². The summed E-state index contributed by atoms with van der Waals surface area (Å²) >= 11 is 1.57. The molecular formula is C13H17N5OS. The van der Waals surface area contributed by atoms with Crippen LogP contribution in [-0.4, -0.2) is 21.1 Å². The molecule has 1 atom stereocenters. The molecule has 7 heteroatoms. The molecule has 0 aliphatic heterocycles. The number of nitrogens with zero attached hydrogens (tertiary/aromatic N) is 2. The van der Waals surface area contributed by atoms with Crippen LogP contribution in [0.1, 0.15) is 29.8 Å². The number of rotatable bonds is 5. The first-order valence-electron chi connectivity index (χ1n) is 6.21. The Labute approximate surface area is 121 Å². The Morgan fingerprint density at radius 3 is 2.70 bits per heavy atom. The van der Waals surface area contributed by atoms with Gasteiger partial charge in [0.15, 0.2) is 0 Å². The number of hydrogen-bond acceptors (Lipinski definition) is 5. The predicted molar refractivity (Wildman–Crippen MR) is 77.9 cm³/mol. The molecule has 0 spiro atoms. The zero-order valence-electron chi connectivity index (χ0n) is 11.4. The van der Waals surface area contributed by atoms with Crippen LogP contribution in [0.4, 0.5) is 0 Å². The van der Waals surface area contributed by atoms with Gasteiger partial charge in [-0.15, -0.1) is 5.10 Å². The third kappa shape index (κ3) is 3.58. The van der Waals surface area contributed by atoms with Crippen molar-refractivity contribution < 1.29 is 4.79 Å². The fraction of sp³-hybridized carbons (Fsp3) is 0.308. The number of aromatic nitrogens is 3. The van der Waals surface area contributed by atoms with Crippen LogP contribution in [0, 0.1) is 6.92 Å². The number of aromatic amines is 1. The van der Waals surface area contributed by atoms with Gasteiger partial charge in [-0.1, -0.05) is 36.0 Å². The summed E-state index contributed by atoms with van der Waals surface area (Å²) in [6.07, 6.45) is 0. The zero-order valence-corrected chi connectivity index (χ0v) is 12.2. The van der Waals surface area contributed by atoms with Gasteiger partial charge >= 0.3 is 0 Å². The molecule has 106 valence electrons. The minimum absolute atomic E-state index is 0.191. The van der Waals surface area contributed by atoms with E-state index in [-0.39, 0.29) is 11.8 Å². The van der Waals surface area contributed by atoms with Gasteiger partial charge in [0.25, 0.3) is 0 Å². The SMILES string of the molecule is Cc1nc(SCc2ccc(C(C)C(=O)NN)cc2)n[nH]1. The normalized spacial score (nSPS) is 12.2. The zero-order chi connectivity index (χ0) is 14.5. The van der Waals surface area contributed by atoms with Crippen molar-refractivity contribution in [3.8, 4) is 0 Å². The summed E-state index contributed by atoms with van der Waals surface area (Å²) in [5, 5.41) is 7.62. The quantitative estimate of drug-likeness (QED) is 0.336. The van der Waals surface area contributed by atoms with E-state index in [1.807, 2.05) is 38.1 Å². The van der Waals surface area contributed by atoms with Crippen LogP contribution in [0.15, 0.2) is 29.4 Å². The van der Waals surface area contributed by atoms with Gasteiger partial charge in [0.05, 0.1) is 5.92 Å². The lowest BCUT2D eigenvalue weighted by atomic mass is 10.00. The Morgan fingerprint density at radius 1 is 1.45 bits per heavy atom. The largest absolute Gasteiger partial charge is 0.294 e. The van der Waals surface area contributed by atoms with Gasteiger partial charge in [0.2, 0.25) is 11.1 Å². The van der Waals surface area contributed by atoms with Crippen molar-refractivity contribution in [3.05, 3.63) is 41.2 Å². The number of amides is 1. The number of carbonyl (C=O) groups excluding carboxylic acids is 1. The fourth-order valence-corrected chi connectivity index (χ4v) is 2.51. The standard InChI is InChI=1S/C13H17N5OS/c1-8(12(19)16-14)11-5-3-10(4-6-11)7-20-13-15-9(2)17-18-13/h3-6,8H,7,14H2,1-2H3,(H,16,19)(H,15,17,18). The van der Waals surface area contributed by atoms with Crippen LogP contribution in [0.2, 0.25) is 0 Å². The van der Waals surface area contributed by atoms with E-state index >= 15 is 0 Å². The second-order valence-electron chi connectivity index (χ2n) is 4.46. The molecule has 2 rings (SSSR count). The van der Waals surface area contributed by atoms with Crippen molar-refractivity contribution in [2.75, 3.05) is 0 Å². The molecule has 0 bridgehead atoms. The molecule has 1 aromatic carbocycles. The Morgan fingerprint density at radius 2 is 2.15 bits per heavy atom. The van der Waals surface area contributed by atoms with E-state index in [9.17, 15) is 4.79 Å². The Kier molecular flexibility index (Phi) is 4.75. The summed E-state index contributed by atoms with van der Waals surface area (Å²) in [6.45, 7) is 3.69. The summed E-state index contributed by atoms with van der Waals surface area (Å²) in [4.78, 5) is 15.7. The Balaban J connectivity index is 1.96. The second kappa shape index (κ2) is 6.53. The van der Waals surface area contributed by atoms with Crippen LogP contribution in [-0.2, 0) is 10.5 Å². The van der Waals surface area contributed by atoms with Gasteiger partial charge in [-0.2, -0.15) is 0 Å². The first-order chi connectivity index (χ1) is 9.60. The van der Waals surface area contributed by atoms with E-state index in [1.54, 1.807) is 11.8 Å². The average molecular weight is 291 g/mol. The maximum absolute atomic E-state index is 11.4. The molecule has 6 nitrogen and oxygen atoms in total. The second-order valence-corrected chi connectivity index (χ2v) is 5.41. The molecule has 4 N–H and O–H groups in total. The molecule has 2 aromatic rings. The van der Waals surface area contributed by atoms with Gasteiger partial charge in [0.1, 0.15) is 5.82 Å². The van der Waals surface area contributed by atoms with Crippen LogP contribution in [0.5, 0.6) is 0 Å². The summed E-state index contributed by atoms with van der Waals surface area (Å²) in [7, 11) is 0. The molecule has 20 heavy (non-hydrogen) atoms. The Hall–Kier alpha value is -1.86. The number of nitrogens with one attached hydrogen (secondary N) is 2. The first kappa shape index (κ1) is 14.5. The Bertz CT molecular complexity index is 581. The van der Waals surface area contributed by atoms with E-state index in [2.05, 4.69) is 20.6 Å². The molecule has 0 radical (unpaired) electrons. The molecular weight excluding hydrogens is 274 g/mol. The third-order valence-electron chi connectivity index (χ3n) is 2.96. The summed E-state index contributed by atoms with van der Waals surface area (Å²) in [6, 6.07) is 7.89. The highest BCUT2D eigenvalue weighted by molar-refractivity contribution is 7.98. The summed E-state index contributed by atoms with van der Waals surface area (Å²) in [5.41, 5.74) is 4.26. The average Bonchev–Trinajstić information content (AvgIpc) is 2.89. The van der Waals surface area contributed by atoms with Crippen LogP contribution >= 0.6 is 11.8 Å². The van der Waals surface area contributed by atoms with Crippen molar-refractivity contribution >= 4 is 17.7 Å². The lowest BCUT2D eigenvalue weighted by Gasteiger charge is -2.10. The topological polar surface area (TPSA) is 96.7 Å². The summed E-state index contributed by atoms with van der Waals surface area (Å²) in [5.74, 6) is 6.29. The third-order valence-corrected chi connectivity index (χ3v) is 3.88. The van der Waals surface area contributed by atoms with Gasteiger partial charge in [-0.05, 0) is 25.0 Å². The minimum Gasteiger partial charge on any atom is -0.294 e. The molecule has 0 fully saturated rings. The smallest absolute Gasteiger partial charge is 0.241 e. The van der Waals surface area contributed by atoms with Crippen molar-refractivity contribution in [1.82, 2.24) is 20.6 Å². The number of benzene rings is 1. The van der Waals surface area contributed by atoms with E-state index in [4.69, 9.17) is 5.84 Å². The molecule has 0 aliphatic carbocycles. The maximum atomic E-state index is 11.4. The number of carbonyl (C=O) groups is 1. The fourth-order valence-electron chi connectivity index (χ4n) is 1.71. The van der Waals surface area contributed by atoms with E-state index in [0.29, 0.717) is 0 Å².